The fourth-order valence-corrected chi connectivity index (χ4v) is 13.6. The van der Waals surface area contributed by atoms with Gasteiger partial charge in [-0.15, -0.1) is 0 Å². The second-order valence-electron chi connectivity index (χ2n) is 28.2. The van der Waals surface area contributed by atoms with Gasteiger partial charge in [0.2, 0.25) is 11.8 Å². The zero-order chi connectivity index (χ0) is 71.1. The van der Waals surface area contributed by atoms with Crippen molar-refractivity contribution in [1.82, 2.24) is 10.6 Å². The first-order valence-electron chi connectivity index (χ1n) is 38.5. The lowest BCUT2D eigenvalue weighted by Crippen LogP contribution is -2.70. The molecule has 3 aliphatic rings. The molecule has 23 heteroatoms. The van der Waals surface area contributed by atoms with Crippen LogP contribution in [-0.4, -0.2) is 215 Å². The quantitative estimate of drug-likeness (QED) is 0.0199. The molecule has 3 aliphatic heterocycles. The van der Waals surface area contributed by atoms with Crippen LogP contribution >= 0.6 is 0 Å². The number of rotatable bonds is 60. The van der Waals surface area contributed by atoms with Crippen LogP contribution in [-0.2, 0) is 42.8 Å². The Balaban J connectivity index is 1.50. The van der Waals surface area contributed by atoms with Crippen molar-refractivity contribution in [2.45, 2.75) is 413 Å². The number of nitrogens with one attached hydrogen (secondary N) is 2. The maximum Gasteiger partial charge on any atom is 0.364 e. The Morgan fingerprint density at radius 1 is 0.526 bits per heavy atom. The maximum atomic E-state index is 13.5. The van der Waals surface area contributed by atoms with Crippen molar-refractivity contribution in [2.24, 2.45) is 0 Å². The Bertz CT molecular complexity index is 2000. The van der Waals surface area contributed by atoms with Gasteiger partial charge in [-0.1, -0.05) is 257 Å². The number of hydrogen-bond donors (Lipinski definition) is 14. The van der Waals surface area contributed by atoms with Crippen LogP contribution < -0.4 is 10.6 Å². The van der Waals surface area contributed by atoms with E-state index in [-0.39, 0.29) is 18.9 Å². The van der Waals surface area contributed by atoms with Crippen LogP contribution in [0.15, 0.2) is 12.2 Å². The van der Waals surface area contributed by atoms with Gasteiger partial charge in [0.1, 0.15) is 67.1 Å². The molecule has 0 spiro atoms. The minimum atomic E-state index is -3.08. The first kappa shape index (κ1) is 88.7. The van der Waals surface area contributed by atoms with Crippen LogP contribution in [0.4, 0.5) is 0 Å². The van der Waals surface area contributed by atoms with E-state index in [1.807, 2.05) is 0 Å². The first-order chi connectivity index (χ1) is 46.9. The molecule has 3 rings (SSSR count). The largest absolute Gasteiger partial charge is 0.477 e. The highest BCUT2D eigenvalue weighted by molar-refractivity contribution is 5.77. The topological polar surface area (TPSA) is 373 Å². The smallest absolute Gasteiger partial charge is 0.364 e. The van der Waals surface area contributed by atoms with Gasteiger partial charge in [-0.2, -0.15) is 0 Å². The number of aliphatic hydroxyl groups excluding tert-OH is 11. The molecule has 0 aromatic carbocycles. The van der Waals surface area contributed by atoms with Gasteiger partial charge in [-0.05, 0) is 38.5 Å². The van der Waals surface area contributed by atoms with Gasteiger partial charge in [0.25, 0.3) is 5.79 Å². The van der Waals surface area contributed by atoms with E-state index in [9.17, 15) is 75.7 Å². The summed E-state index contributed by atoms with van der Waals surface area (Å²) in [5, 5.41) is 136. The van der Waals surface area contributed by atoms with Crippen LogP contribution in [0.25, 0.3) is 0 Å². The molecule has 3 saturated heterocycles. The van der Waals surface area contributed by atoms with Crippen LogP contribution in [0.3, 0.4) is 0 Å². The van der Waals surface area contributed by atoms with E-state index in [1.165, 1.54) is 199 Å². The van der Waals surface area contributed by atoms with E-state index in [0.29, 0.717) is 19.3 Å². The molecular weight excluding hydrogens is 1250 g/mol. The summed E-state index contributed by atoms with van der Waals surface area (Å²) in [7, 11) is 0. The molecule has 0 aromatic heterocycles. The number of hydrogen-bond acceptors (Lipinski definition) is 20. The third-order valence-corrected chi connectivity index (χ3v) is 19.7. The van der Waals surface area contributed by atoms with Gasteiger partial charge in [-0.3, -0.25) is 9.59 Å². The van der Waals surface area contributed by atoms with Gasteiger partial charge in [-0.25, -0.2) is 4.79 Å². The number of aliphatic hydroxyl groups is 11. The lowest BCUT2D eigenvalue weighted by molar-refractivity contribution is -0.386. The van der Waals surface area contributed by atoms with Crippen molar-refractivity contribution in [3.05, 3.63) is 12.2 Å². The van der Waals surface area contributed by atoms with Crippen molar-refractivity contribution in [2.75, 3.05) is 26.4 Å². The molecular formula is C74H138N2O21. The van der Waals surface area contributed by atoms with Crippen molar-refractivity contribution in [3.63, 3.8) is 0 Å². The Kier molecular flexibility index (Phi) is 49.5. The van der Waals surface area contributed by atoms with Gasteiger partial charge in [0.05, 0.1) is 50.7 Å². The van der Waals surface area contributed by atoms with Crippen LogP contribution in [0, 0.1) is 0 Å². The summed E-state index contributed by atoms with van der Waals surface area (Å²) in [5.41, 5.74) is 0. The predicted octanol–water partition coefficient (Wildman–Crippen LogP) is 9.02. The third kappa shape index (κ3) is 35.5. The van der Waals surface area contributed by atoms with Crippen molar-refractivity contribution in [1.29, 1.82) is 0 Å². The summed E-state index contributed by atoms with van der Waals surface area (Å²) in [6, 6.07) is -2.53. The molecule has 0 radical (unpaired) electrons. The highest BCUT2D eigenvalue weighted by atomic mass is 16.8. The molecule has 3 heterocycles. The number of allylic oxidation sites excluding steroid dienone is 2. The lowest BCUT2D eigenvalue weighted by Gasteiger charge is -2.50. The Hall–Kier alpha value is -2.53. The van der Waals surface area contributed by atoms with E-state index >= 15 is 0 Å². The summed E-state index contributed by atoms with van der Waals surface area (Å²) in [6.45, 7) is 2.24. The second-order valence-corrected chi connectivity index (χ2v) is 28.2. The minimum Gasteiger partial charge on any atom is -0.477 e. The molecule has 14 N–H and O–H groups in total. The predicted molar refractivity (Wildman–Crippen MR) is 371 cm³/mol. The fraction of sp³-hybridized carbons (Fsp3) is 0.932. The number of aliphatic carboxylic acids is 1. The first-order valence-corrected chi connectivity index (χ1v) is 38.5. The molecule has 97 heavy (non-hydrogen) atoms. The molecule has 18 unspecified atom stereocenters. The zero-order valence-electron chi connectivity index (χ0n) is 60.0. The number of carboxylic acid groups (broad SMARTS) is 1. The number of amides is 2. The standard InChI is InChI=1S/C74H138N2O21/c1-4-6-8-10-12-14-16-18-20-21-22-23-24-25-26-27-28-29-30-31-32-34-36-38-40-42-44-46-48-61(84)76-55(56(81)47-45-43-41-39-37-35-33-19-17-15-13-11-9-7-5-2)53-92-71-66(88)65(87)68(60(52-79)94-71)95-72-67(89)70(64(86)59(51-78)93-72)97-74(73(90)91)49-57(82)62(75-54(3)80)69(96-74)63(85)58(83)50-77/h25-26,55-60,62-72,77-79,81-83,85-89H,4-24,27-53H2,1-3H3,(H,75,80)(H,76,84)(H,90,91)/b26-25-. The highest BCUT2D eigenvalue weighted by Gasteiger charge is 2.60. The molecule has 0 aliphatic carbocycles. The van der Waals surface area contributed by atoms with Gasteiger partial charge in [0, 0.05) is 19.8 Å². The molecule has 23 nitrogen and oxygen atoms in total. The minimum absolute atomic E-state index is 0.225. The summed E-state index contributed by atoms with van der Waals surface area (Å²) in [4.78, 5) is 38.6. The second kappa shape index (κ2) is 54.2. The van der Waals surface area contributed by atoms with E-state index in [1.54, 1.807) is 0 Å². The average molecular weight is 1390 g/mol. The molecule has 2 amide bonds. The van der Waals surface area contributed by atoms with Crippen LogP contribution in [0.5, 0.6) is 0 Å². The van der Waals surface area contributed by atoms with Crippen molar-refractivity contribution < 1.29 is 104 Å². The summed E-state index contributed by atoms with van der Waals surface area (Å²) >= 11 is 0. The summed E-state index contributed by atoms with van der Waals surface area (Å²) in [5.74, 6) is -6.09. The van der Waals surface area contributed by atoms with E-state index < -0.39 is 148 Å². The Labute approximate surface area is 581 Å². The highest BCUT2D eigenvalue weighted by Crippen LogP contribution is 2.39. The van der Waals surface area contributed by atoms with E-state index in [4.69, 9.17) is 28.4 Å². The molecule has 18 atom stereocenters. The summed E-state index contributed by atoms with van der Waals surface area (Å²) < 4.78 is 34.9. The van der Waals surface area contributed by atoms with Gasteiger partial charge >= 0.3 is 5.97 Å². The monoisotopic (exact) mass is 1390 g/mol. The van der Waals surface area contributed by atoms with Crippen molar-refractivity contribution >= 4 is 17.8 Å². The van der Waals surface area contributed by atoms with E-state index in [0.717, 1.165) is 58.3 Å². The average Bonchev–Trinajstić information content (AvgIpc) is 0.757. The number of carbonyl (C=O) groups is 3. The van der Waals surface area contributed by atoms with Gasteiger partial charge in [0.15, 0.2) is 12.6 Å². The maximum absolute atomic E-state index is 13.5. The third-order valence-electron chi connectivity index (χ3n) is 19.7. The Morgan fingerprint density at radius 2 is 0.959 bits per heavy atom. The van der Waals surface area contributed by atoms with Gasteiger partial charge < -0.3 is 100 Å². The normalized spacial score (nSPS) is 27.4. The van der Waals surface area contributed by atoms with E-state index in [2.05, 4.69) is 36.6 Å². The lowest BCUT2D eigenvalue weighted by atomic mass is 9.88. The number of carbonyl (C=O) groups excluding carboxylic acids is 2. The van der Waals surface area contributed by atoms with Crippen LogP contribution in [0.1, 0.15) is 303 Å². The van der Waals surface area contributed by atoms with Crippen molar-refractivity contribution in [3.8, 4) is 0 Å². The molecule has 0 bridgehead atoms. The summed E-state index contributed by atoms with van der Waals surface area (Å²) in [6.07, 6.45) is 26.4. The molecule has 0 saturated carbocycles. The molecule has 0 aromatic rings. The SMILES string of the molecule is CCCCCCCCCCCCCC/C=C\CCCCCCCCCCCCCCC(=O)NC(COC1OC(CO)C(OC2OC(CO)C(O)C(OC3(C(=O)O)CC(O)C(NC(C)=O)C(C(O)C(O)CO)O3)C2O)C(O)C1O)C(O)CCCCCCCCCCCCCCCCC. The Morgan fingerprint density at radius 3 is 1.39 bits per heavy atom. The number of unbranched alkanes of at least 4 members (excludes halogenated alkanes) is 38. The molecule has 570 valence electrons. The fourth-order valence-electron chi connectivity index (χ4n) is 13.6. The zero-order valence-corrected chi connectivity index (χ0v) is 60.0. The molecule has 3 fully saturated rings. The number of carboxylic acids is 1. The van der Waals surface area contributed by atoms with Crippen LogP contribution in [0.2, 0.25) is 0 Å². The number of ether oxygens (including phenoxy) is 6.